The van der Waals surface area contributed by atoms with E-state index >= 15 is 0 Å². The van der Waals surface area contributed by atoms with Gasteiger partial charge in [0.2, 0.25) is 0 Å². The molecule has 0 atom stereocenters. The fraction of sp³-hybridized carbons (Fsp3) is 0.571. The van der Waals surface area contributed by atoms with Crippen molar-refractivity contribution >= 4 is 44.8 Å². The second kappa shape index (κ2) is 6.01. The Balaban J connectivity index is 1.64. The van der Waals surface area contributed by atoms with Crippen LogP contribution in [0.5, 0.6) is 0 Å². The maximum absolute atomic E-state index is 6.26. The normalized spacial score (nSPS) is 22.4. The fourth-order valence-corrected chi connectivity index (χ4v) is 3.67. The van der Waals surface area contributed by atoms with Crippen molar-refractivity contribution in [3.05, 3.63) is 26.7 Å². The highest BCUT2D eigenvalue weighted by Crippen LogP contribution is 2.39. The minimum atomic E-state index is -0.320. The molecule has 1 saturated heterocycles. The summed E-state index contributed by atoms with van der Waals surface area (Å²) in [5.41, 5.74) is 0.883. The molecule has 0 aromatic heterocycles. The average Bonchev–Trinajstić information content (AvgIpc) is 2.91. The van der Waals surface area contributed by atoms with Crippen LogP contribution in [-0.2, 0) is 9.47 Å². The van der Waals surface area contributed by atoms with E-state index in [1.807, 2.05) is 12.1 Å². The van der Waals surface area contributed by atoms with Gasteiger partial charge in [-0.15, -0.1) is 0 Å². The maximum atomic E-state index is 6.26. The van der Waals surface area contributed by atoms with Gasteiger partial charge in [0.05, 0.1) is 28.9 Å². The van der Waals surface area contributed by atoms with E-state index in [0.29, 0.717) is 29.3 Å². The topological polar surface area (TPSA) is 30.5 Å². The van der Waals surface area contributed by atoms with Gasteiger partial charge < -0.3 is 14.8 Å². The predicted octanol–water partition coefficient (Wildman–Crippen LogP) is 4.85. The molecule has 1 saturated carbocycles. The molecule has 0 bridgehead atoms. The van der Waals surface area contributed by atoms with Crippen molar-refractivity contribution in [1.29, 1.82) is 0 Å². The molecule has 1 spiro atoms. The minimum absolute atomic E-state index is 0.320. The summed E-state index contributed by atoms with van der Waals surface area (Å²) in [6, 6.07) is 4.23. The standard InChI is InChI=1S/C14H16BrCl2NO2/c15-10-1-2-11(13(17)12(10)16)18-9-3-5-14(6-4-9)19-7-8-20-14/h1-2,9,18H,3-8H2. The van der Waals surface area contributed by atoms with Crippen LogP contribution in [0.1, 0.15) is 25.7 Å². The lowest BCUT2D eigenvalue weighted by atomic mass is 9.90. The van der Waals surface area contributed by atoms with Crippen LogP contribution >= 0.6 is 39.1 Å². The molecule has 1 aromatic carbocycles. The molecule has 2 aliphatic rings. The number of halogens is 3. The van der Waals surface area contributed by atoms with Gasteiger partial charge in [-0.3, -0.25) is 0 Å². The van der Waals surface area contributed by atoms with E-state index in [1.54, 1.807) is 0 Å². The summed E-state index contributed by atoms with van der Waals surface area (Å²) in [5, 5.41) is 4.59. The molecule has 3 nitrogen and oxygen atoms in total. The summed E-state index contributed by atoms with van der Waals surface area (Å²) < 4.78 is 12.3. The first-order valence-corrected chi connectivity index (χ1v) is 8.32. The first-order chi connectivity index (χ1) is 9.60. The van der Waals surface area contributed by atoms with E-state index in [9.17, 15) is 0 Å². The Labute approximate surface area is 137 Å². The second-order valence-corrected chi connectivity index (χ2v) is 6.86. The van der Waals surface area contributed by atoms with Gasteiger partial charge in [-0.05, 0) is 40.9 Å². The van der Waals surface area contributed by atoms with E-state index < -0.39 is 0 Å². The molecule has 0 radical (unpaired) electrons. The van der Waals surface area contributed by atoms with Crippen LogP contribution in [0.15, 0.2) is 16.6 Å². The third-order valence-electron chi connectivity index (χ3n) is 3.96. The fourth-order valence-electron chi connectivity index (χ4n) is 2.84. The van der Waals surface area contributed by atoms with E-state index in [4.69, 9.17) is 32.7 Å². The average molecular weight is 381 g/mol. The summed E-state index contributed by atoms with van der Waals surface area (Å²) >= 11 is 15.8. The van der Waals surface area contributed by atoms with Crippen LogP contribution in [0.25, 0.3) is 0 Å². The molecule has 0 amide bonds. The molecule has 0 unspecified atom stereocenters. The Morgan fingerprint density at radius 3 is 2.40 bits per heavy atom. The molecule has 2 fully saturated rings. The molecule has 1 heterocycles. The van der Waals surface area contributed by atoms with E-state index in [1.165, 1.54) is 0 Å². The van der Waals surface area contributed by atoms with Gasteiger partial charge in [0.15, 0.2) is 5.79 Å². The van der Waals surface area contributed by atoms with Crippen LogP contribution in [0.3, 0.4) is 0 Å². The number of hydrogen-bond donors (Lipinski definition) is 1. The lowest BCUT2D eigenvalue weighted by Gasteiger charge is -2.36. The van der Waals surface area contributed by atoms with Gasteiger partial charge in [-0.2, -0.15) is 0 Å². The predicted molar refractivity (Wildman–Crippen MR) is 84.7 cm³/mol. The maximum Gasteiger partial charge on any atom is 0.168 e. The first kappa shape index (κ1) is 14.9. The largest absolute Gasteiger partial charge is 0.381 e. The van der Waals surface area contributed by atoms with Gasteiger partial charge in [-0.1, -0.05) is 23.2 Å². The lowest BCUT2D eigenvalue weighted by Crippen LogP contribution is -2.39. The first-order valence-electron chi connectivity index (χ1n) is 6.78. The van der Waals surface area contributed by atoms with E-state index in [2.05, 4.69) is 21.2 Å². The molecule has 6 heteroatoms. The molecule has 110 valence electrons. The summed E-state index contributed by atoms with van der Waals surface area (Å²) in [6.07, 6.45) is 3.85. The Hall–Kier alpha value is -0.0000000000000000555. The van der Waals surface area contributed by atoms with Crippen molar-refractivity contribution in [1.82, 2.24) is 0 Å². The number of benzene rings is 1. The van der Waals surface area contributed by atoms with Crippen LogP contribution in [-0.4, -0.2) is 25.0 Å². The van der Waals surface area contributed by atoms with Crippen LogP contribution in [0, 0.1) is 0 Å². The molecule has 1 aliphatic heterocycles. The molecule has 20 heavy (non-hydrogen) atoms. The van der Waals surface area contributed by atoms with E-state index in [-0.39, 0.29) is 5.79 Å². The van der Waals surface area contributed by atoms with Gasteiger partial charge in [0.25, 0.3) is 0 Å². The summed E-state index contributed by atoms with van der Waals surface area (Å²) in [5.74, 6) is -0.320. The minimum Gasteiger partial charge on any atom is -0.381 e. The van der Waals surface area contributed by atoms with Gasteiger partial charge in [0, 0.05) is 23.4 Å². The van der Waals surface area contributed by atoms with Crippen molar-refractivity contribution in [3.8, 4) is 0 Å². The van der Waals surface area contributed by atoms with Crippen molar-refractivity contribution in [3.63, 3.8) is 0 Å². The Morgan fingerprint density at radius 2 is 1.75 bits per heavy atom. The third kappa shape index (κ3) is 2.95. The highest BCUT2D eigenvalue weighted by Gasteiger charge is 2.40. The van der Waals surface area contributed by atoms with Gasteiger partial charge in [-0.25, -0.2) is 0 Å². The van der Waals surface area contributed by atoms with Crippen LogP contribution < -0.4 is 5.32 Å². The Kier molecular flexibility index (Phi) is 4.48. The molecular formula is C14H16BrCl2NO2. The molecular weight excluding hydrogens is 365 g/mol. The highest BCUT2D eigenvalue weighted by molar-refractivity contribution is 9.10. The summed E-state index contributed by atoms with van der Waals surface area (Å²) in [7, 11) is 0. The number of ether oxygens (including phenoxy) is 2. The SMILES string of the molecule is Clc1c(Br)ccc(NC2CCC3(CC2)OCCO3)c1Cl. The number of rotatable bonds is 2. The highest BCUT2D eigenvalue weighted by atomic mass is 79.9. The summed E-state index contributed by atoms with van der Waals surface area (Å²) in [6.45, 7) is 1.43. The molecule has 3 rings (SSSR count). The van der Waals surface area contributed by atoms with Crippen molar-refractivity contribution in [2.75, 3.05) is 18.5 Å². The smallest absolute Gasteiger partial charge is 0.168 e. The molecule has 1 aliphatic carbocycles. The zero-order valence-corrected chi connectivity index (χ0v) is 14.0. The van der Waals surface area contributed by atoms with E-state index in [0.717, 1.165) is 35.8 Å². The Bertz CT molecular complexity index is 496. The molecule has 1 aromatic rings. The van der Waals surface area contributed by atoms with Crippen LogP contribution in [0.2, 0.25) is 10.0 Å². The van der Waals surface area contributed by atoms with Crippen LogP contribution in [0.4, 0.5) is 5.69 Å². The lowest BCUT2D eigenvalue weighted by molar-refractivity contribution is -0.177. The van der Waals surface area contributed by atoms with Crippen molar-refractivity contribution in [2.45, 2.75) is 37.5 Å². The second-order valence-electron chi connectivity index (χ2n) is 5.25. The molecule has 1 N–H and O–H groups in total. The monoisotopic (exact) mass is 379 g/mol. The van der Waals surface area contributed by atoms with Crippen molar-refractivity contribution < 1.29 is 9.47 Å². The third-order valence-corrected chi connectivity index (χ3v) is 5.73. The zero-order valence-electron chi connectivity index (χ0n) is 10.9. The van der Waals surface area contributed by atoms with Crippen molar-refractivity contribution in [2.24, 2.45) is 0 Å². The Morgan fingerprint density at radius 1 is 1.10 bits per heavy atom. The quantitative estimate of drug-likeness (QED) is 0.743. The summed E-state index contributed by atoms with van der Waals surface area (Å²) in [4.78, 5) is 0. The van der Waals surface area contributed by atoms with Gasteiger partial charge >= 0.3 is 0 Å². The number of anilines is 1. The number of hydrogen-bond acceptors (Lipinski definition) is 3. The number of nitrogens with one attached hydrogen (secondary N) is 1. The zero-order chi connectivity index (χ0) is 14.2. The van der Waals surface area contributed by atoms with Gasteiger partial charge in [0.1, 0.15) is 0 Å².